The Hall–Kier alpha value is -1.24. The summed E-state index contributed by atoms with van der Waals surface area (Å²) in [5.74, 6) is 4.40. The van der Waals surface area contributed by atoms with Crippen molar-refractivity contribution in [2.75, 3.05) is 7.11 Å². The van der Waals surface area contributed by atoms with Crippen LogP contribution in [-0.2, 0) is 0 Å². The number of methoxy groups -OCH3 is 1. The van der Waals surface area contributed by atoms with Crippen molar-refractivity contribution in [3.63, 3.8) is 0 Å². The molecule has 138 valence electrons. The highest BCUT2D eigenvalue weighted by Gasteiger charge is 2.28. The fraction of sp³-hybridized carbons (Fsp3) is 0.667. The van der Waals surface area contributed by atoms with Gasteiger partial charge in [0.15, 0.2) is 0 Å². The quantitative estimate of drug-likeness (QED) is 0.379. The van der Waals surface area contributed by atoms with E-state index in [-0.39, 0.29) is 0 Å². The van der Waals surface area contributed by atoms with Gasteiger partial charge in [-0.3, -0.25) is 0 Å². The molecule has 3 rings (SSSR count). The van der Waals surface area contributed by atoms with Crippen LogP contribution in [0.4, 0.5) is 0 Å². The first-order valence-corrected chi connectivity index (χ1v) is 10.6. The second-order valence-corrected chi connectivity index (χ2v) is 8.27. The number of ether oxygens (including phenoxy) is 1. The molecule has 0 radical (unpaired) electrons. The fourth-order valence-electron chi connectivity index (χ4n) is 4.95. The molecule has 0 aliphatic heterocycles. The third-order valence-electron chi connectivity index (χ3n) is 6.64. The maximum Gasteiger partial charge on any atom is 0.118 e. The lowest BCUT2D eigenvalue weighted by atomic mass is 9.70. The lowest BCUT2D eigenvalue weighted by Gasteiger charge is -2.35. The Morgan fingerprint density at radius 1 is 0.880 bits per heavy atom. The number of benzene rings is 1. The van der Waals surface area contributed by atoms with Crippen molar-refractivity contribution in [1.82, 2.24) is 0 Å². The Balaban J connectivity index is 1.45. The Morgan fingerprint density at radius 3 is 2.24 bits per heavy atom. The summed E-state index contributed by atoms with van der Waals surface area (Å²) in [5, 5.41) is 0. The van der Waals surface area contributed by atoms with Gasteiger partial charge in [-0.05, 0) is 86.3 Å². The smallest absolute Gasteiger partial charge is 0.118 e. The normalized spacial score (nSPS) is 29.5. The van der Waals surface area contributed by atoms with Gasteiger partial charge in [-0.1, -0.05) is 50.5 Å². The van der Waals surface area contributed by atoms with E-state index < -0.39 is 0 Å². The van der Waals surface area contributed by atoms with Crippen LogP contribution < -0.4 is 4.74 Å². The standard InChI is InChI=1S/C24H36O/c1-3-4-5-6-19-7-9-20(10-8-19)21-11-13-22(14-12-21)23-15-17-24(25-2)18-16-23/h7,9,15-22H,3-6,8,10-14H2,1-2H3/t19?,20?,21-,22-. The van der Waals surface area contributed by atoms with E-state index in [0.717, 1.165) is 29.4 Å². The van der Waals surface area contributed by atoms with Crippen molar-refractivity contribution < 1.29 is 4.74 Å². The van der Waals surface area contributed by atoms with E-state index in [1.807, 2.05) is 0 Å². The number of unbranched alkanes of at least 4 members (excludes halogenated alkanes) is 2. The van der Waals surface area contributed by atoms with Crippen LogP contribution in [-0.4, -0.2) is 7.11 Å². The lowest BCUT2D eigenvalue weighted by molar-refractivity contribution is 0.239. The second kappa shape index (κ2) is 9.46. The monoisotopic (exact) mass is 340 g/mol. The van der Waals surface area contributed by atoms with E-state index in [9.17, 15) is 0 Å². The molecule has 0 saturated heterocycles. The summed E-state index contributed by atoms with van der Waals surface area (Å²) in [5.41, 5.74) is 1.51. The Labute approximate surface area is 154 Å². The molecular formula is C24H36O. The molecule has 1 aromatic carbocycles. The number of rotatable bonds is 7. The van der Waals surface area contributed by atoms with Gasteiger partial charge >= 0.3 is 0 Å². The number of hydrogen-bond donors (Lipinski definition) is 0. The zero-order valence-electron chi connectivity index (χ0n) is 16.3. The van der Waals surface area contributed by atoms with Crippen LogP contribution >= 0.6 is 0 Å². The molecule has 25 heavy (non-hydrogen) atoms. The van der Waals surface area contributed by atoms with Gasteiger partial charge in [0.25, 0.3) is 0 Å². The molecule has 0 amide bonds. The maximum absolute atomic E-state index is 5.28. The first-order valence-electron chi connectivity index (χ1n) is 10.6. The average Bonchev–Trinajstić information content (AvgIpc) is 2.69. The van der Waals surface area contributed by atoms with Crippen LogP contribution in [0.25, 0.3) is 0 Å². The molecule has 1 heteroatoms. The summed E-state index contributed by atoms with van der Waals surface area (Å²) in [4.78, 5) is 0. The third-order valence-corrected chi connectivity index (χ3v) is 6.64. The summed E-state index contributed by atoms with van der Waals surface area (Å²) in [6.45, 7) is 2.30. The molecule has 2 aliphatic carbocycles. The molecule has 0 heterocycles. The van der Waals surface area contributed by atoms with Gasteiger partial charge in [-0.15, -0.1) is 0 Å². The average molecular weight is 341 g/mol. The molecule has 1 nitrogen and oxygen atoms in total. The predicted molar refractivity (Wildman–Crippen MR) is 107 cm³/mol. The molecule has 0 bridgehead atoms. The van der Waals surface area contributed by atoms with Gasteiger partial charge in [0, 0.05) is 0 Å². The highest BCUT2D eigenvalue weighted by Crippen LogP contribution is 2.42. The largest absolute Gasteiger partial charge is 0.497 e. The van der Waals surface area contributed by atoms with Gasteiger partial charge in [0.2, 0.25) is 0 Å². The Bertz CT molecular complexity index is 522. The zero-order chi connectivity index (χ0) is 17.5. The summed E-state index contributed by atoms with van der Waals surface area (Å²) in [7, 11) is 1.74. The topological polar surface area (TPSA) is 9.23 Å². The van der Waals surface area contributed by atoms with Crippen LogP contribution in [0, 0.1) is 17.8 Å². The summed E-state index contributed by atoms with van der Waals surface area (Å²) in [6, 6.07) is 8.77. The third kappa shape index (κ3) is 5.12. The van der Waals surface area contributed by atoms with E-state index in [2.05, 4.69) is 43.3 Å². The van der Waals surface area contributed by atoms with E-state index in [4.69, 9.17) is 4.74 Å². The molecule has 1 fully saturated rings. The second-order valence-electron chi connectivity index (χ2n) is 8.27. The molecule has 0 N–H and O–H groups in total. The molecule has 2 atom stereocenters. The van der Waals surface area contributed by atoms with Crippen LogP contribution in [0.3, 0.4) is 0 Å². The highest BCUT2D eigenvalue weighted by molar-refractivity contribution is 5.29. The zero-order valence-corrected chi connectivity index (χ0v) is 16.3. The molecule has 1 aromatic rings. The van der Waals surface area contributed by atoms with Crippen molar-refractivity contribution in [3.05, 3.63) is 42.0 Å². The Kier molecular flexibility index (Phi) is 7.02. The molecule has 2 aliphatic rings. The van der Waals surface area contributed by atoms with Crippen molar-refractivity contribution >= 4 is 0 Å². The minimum absolute atomic E-state index is 0.761. The van der Waals surface area contributed by atoms with Crippen LogP contribution in [0.1, 0.15) is 82.6 Å². The van der Waals surface area contributed by atoms with Crippen LogP contribution in [0.5, 0.6) is 5.75 Å². The van der Waals surface area contributed by atoms with Gasteiger partial charge in [-0.25, -0.2) is 0 Å². The van der Waals surface area contributed by atoms with Crippen molar-refractivity contribution in [1.29, 1.82) is 0 Å². The predicted octanol–water partition coefficient (Wildman–Crippen LogP) is 7.13. The van der Waals surface area contributed by atoms with Crippen LogP contribution in [0.15, 0.2) is 36.4 Å². The van der Waals surface area contributed by atoms with E-state index in [1.54, 1.807) is 7.11 Å². The van der Waals surface area contributed by atoms with Gasteiger partial charge < -0.3 is 4.74 Å². The minimum atomic E-state index is 0.761. The number of allylic oxidation sites excluding steroid dienone is 2. The first kappa shape index (κ1) is 18.5. The molecule has 0 spiro atoms. The van der Waals surface area contributed by atoms with Crippen molar-refractivity contribution in [2.24, 2.45) is 17.8 Å². The van der Waals surface area contributed by atoms with Crippen molar-refractivity contribution in [2.45, 2.75) is 77.0 Å². The van der Waals surface area contributed by atoms with E-state index in [1.165, 1.54) is 69.8 Å². The highest BCUT2D eigenvalue weighted by atomic mass is 16.5. The van der Waals surface area contributed by atoms with Crippen molar-refractivity contribution in [3.8, 4) is 5.75 Å². The number of hydrogen-bond acceptors (Lipinski definition) is 1. The fourth-order valence-corrected chi connectivity index (χ4v) is 4.95. The van der Waals surface area contributed by atoms with Gasteiger partial charge in [0.05, 0.1) is 7.11 Å². The molecular weight excluding hydrogens is 304 g/mol. The lowest BCUT2D eigenvalue weighted by Crippen LogP contribution is -2.22. The summed E-state index contributed by atoms with van der Waals surface area (Å²) in [6.07, 6.45) is 19.2. The Morgan fingerprint density at radius 2 is 1.64 bits per heavy atom. The first-order chi connectivity index (χ1) is 12.3. The molecule has 2 unspecified atom stereocenters. The minimum Gasteiger partial charge on any atom is -0.497 e. The molecule has 0 aromatic heterocycles. The van der Waals surface area contributed by atoms with Gasteiger partial charge in [-0.2, -0.15) is 0 Å². The summed E-state index contributed by atoms with van der Waals surface area (Å²) >= 11 is 0. The molecule has 1 saturated carbocycles. The summed E-state index contributed by atoms with van der Waals surface area (Å²) < 4.78 is 5.28. The van der Waals surface area contributed by atoms with E-state index >= 15 is 0 Å². The van der Waals surface area contributed by atoms with E-state index in [0.29, 0.717) is 0 Å². The van der Waals surface area contributed by atoms with Gasteiger partial charge in [0.1, 0.15) is 5.75 Å². The van der Waals surface area contributed by atoms with Crippen LogP contribution in [0.2, 0.25) is 0 Å². The maximum atomic E-state index is 5.28. The SMILES string of the molecule is CCCCCC1C=CC([C@H]2CC[C@H](c3ccc(OC)cc3)CC2)CC1.